The minimum absolute atomic E-state index is 0.0532. The van der Waals surface area contributed by atoms with Gasteiger partial charge in [-0.05, 0) is 38.0 Å². The fourth-order valence-corrected chi connectivity index (χ4v) is 3.21. The molecule has 2 fully saturated rings. The molecule has 2 aliphatic rings. The maximum absolute atomic E-state index is 12.5. The molecule has 2 saturated heterocycles. The standard InChI is InChI=1S/C14H24N2O3/c1-11-5-4-7-15(10-11)14(19)16-8-3-2-6-12(16)9-13(17)18/h11-12H,2-10H2,1H3,(H,17,18). The Bertz CT molecular complexity index is 346. The molecule has 108 valence electrons. The van der Waals surface area contributed by atoms with Crippen molar-refractivity contribution in [3.8, 4) is 0 Å². The highest BCUT2D eigenvalue weighted by atomic mass is 16.4. The van der Waals surface area contributed by atoms with Crippen molar-refractivity contribution in [1.82, 2.24) is 9.80 Å². The Kier molecular flexibility index (Phi) is 4.66. The van der Waals surface area contributed by atoms with Crippen molar-refractivity contribution in [3.05, 3.63) is 0 Å². The molecule has 0 aromatic rings. The van der Waals surface area contributed by atoms with Crippen LogP contribution in [0, 0.1) is 5.92 Å². The van der Waals surface area contributed by atoms with Gasteiger partial charge in [-0.1, -0.05) is 6.92 Å². The number of carbonyl (C=O) groups is 2. The summed E-state index contributed by atoms with van der Waals surface area (Å²) in [6.45, 7) is 4.51. The Balaban J connectivity index is 2.00. The van der Waals surface area contributed by atoms with Crippen molar-refractivity contribution in [2.24, 2.45) is 5.92 Å². The van der Waals surface area contributed by atoms with E-state index in [2.05, 4.69) is 6.92 Å². The van der Waals surface area contributed by atoms with Gasteiger partial charge in [-0.2, -0.15) is 0 Å². The normalized spacial score (nSPS) is 28.3. The predicted octanol–water partition coefficient (Wildman–Crippen LogP) is 2.17. The second-order valence-electron chi connectivity index (χ2n) is 5.92. The zero-order chi connectivity index (χ0) is 13.8. The fourth-order valence-electron chi connectivity index (χ4n) is 3.21. The topological polar surface area (TPSA) is 60.9 Å². The van der Waals surface area contributed by atoms with Crippen molar-refractivity contribution >= 4 is 12.0 Å². The van der Waals surface area contributed by atoms with Crippen LogP contribution in [0.4, 0.5) is 4.79 Å². The fraction of sp³-hybridized carbons (Fsp3) is 0.857. The van der Waals surface area contributed by atoms with E-state index in [1.165, 1.54) is 6.42 Å². The van der Waals surface area contributed by atoms with Gasteiger partial charge in [-0.15, -0.1) is 0 Å². The van der Waals surface area contributed by atoms with Crippen LogP contribution in [-0.4, -0.2) is 52.6 Å². The number of carboxylic acid groups (broad SMARTS) is 1. The number of nitrogens with zero attached hydrogens (tertiary/aromatic N) is 2. The van der Waals surface area contributed by atoms with Gasteiger partial charge in [-0.25, -0.2) is 4.79 Å². The Morgan fingerprint density at radius 2 is 1.95 bits per heavy atom. The van der Waals surface area contributed by atoms with Crippen LogP contribution in [0.1, 0.15) is 45.4 Å². The zero-order valence-corrected chi connectivity index (χ0v) is 11.7. The Morgan fingerprint density at radius 1 is 1.16 bits per heavy atom. The van der Waals surface area contributed by atoms with E-state index >= 15 is 0 Å². The van der Waals surface area contributed by atoms with Crippen LogP contribution in [0.2, 0.25) is 0 Å². The summed E-state index contributed by atoms with van der Waals surface area (Å²) in [4.78, 5) is 27.2. The summed E-state index contributed by atoms with van der Waals surface area (Å²) in [6.07, 6.45) is 5.16. The molecular formula is C14H24N2O3. The number of carboxylic acids is 1. The van der Waals surface area contributed by atoms with E-state index in [0.29, 0.717) is 12.5 Å². The van der Waals surface area contributed by atoms with Gasteiger partial charge in [0.15, 0.2) is 0 Å². The molecule has 0 aromatic carbocycles. The summed E-state index contributed by atoms with van der Waals surface area (Å²) in [5.74, 6) is -0.253. The minimum atomic E-state index is -0.809. The van der Waals surface area contributed by atoms with Crippen molar-refractivity contribution in [1.29, 1.82) is 0 Å². The van der Waals surface area contributed by atoms with Gasteiger partial charge in [0, 0.05) is 25.7 Å². The third kappa shape index (κ3) is 3.61. The SMILES string of the molecule is CC1CCCN(C(=O)N2CCCCC2CC(=O)O)C1. The summed E-state index contributed by atoms with van der Waals surface area (Å²) >= 11 is 0. The summed E-state index contributed by atoms with van der Waals surface area (Å²) < 4.78 is 0. The summed E-state index contributed by atoms with van der Waals surface area (Å²) in [6, 6.07) is -0.0616. The summed E-state index contributed by atoms with van der Waals surface area (Å²) in [7, 11) is 0. The molecule has 2 aliphatic heterocycles. The van der Waals surface area contributed by atoms with E-state index < -0.39 is 5.97 Å². The van der Waals surface area contributed by atoms with E-state index in [9.17, 15) is 9.59 Å². The van der Waals surface area contributed by atoms with E-state index in [1.54, 1.807) is 4.90 Å². The average molecular weight is 268 g/mol. The molecule has 2 unspecified atom stereocenters. The highest BCUT2D eigenvalue weighted by molar-refractivity contribution is 5.76. The van der Waals surface area contributed by atoms with Crippen LogP contribution in [-0.2, 0) is 4.79 Å². The van der Waals surface area contributed by atoms with Gasteiger partial charge >= 0.3 is 12.0 Å². The molecular weight excluding hydrogens is 244 g/mol. The monoisotopic (exact) mass is 268 g/mol. The Labute approximate surface area is 114 Å². The maximum atomic E-state index is 12.5. The Hall–Kier alpha value is -1.26. The first-order chi connectivity index (χ1) is 9.08. The first-order valence-electron chi connectivity index (χ1n) is 7.35. The van der Waals surface area contributed by atoms with Crippen LogP contribution in [0.25, 0.3) is 0 Å². The predicted molar refractivity (Wildman–Crippen MR) is 72.0 cm³/mol. The first-order valence-corrected chi connectivity index (χ1v) is 7.35. The van der Waals surface area contributed by atoms with Gasteiger partial charge in [0.05, 0.1) is 6.42 Å². The number of likely N-dealkylation sites (tertiary alicyclic amines) is 2. The van der Waals surface area contributed by atoms with Gasteiger partial charge in [0.25, 0.3) is 0 Å². The quantitative estimate of drug-likeness (QED) is 0.835. The lowest BCUT2D eigenvalue weighted by Gasteiger charge is -2.40. The zero-order valence-electron chi connectivity index (χ0n) is 11.7. The van der Waals surface area contributed by atoms with Gasteiger partial charge in [0.1, 0.15) is 0 Å². The molecule has 0 radical (unpaired) electrons. The number of rotatable bonds is 2. The third-order valence-electron chi connectivity index (χ3n) is 4.21. The molecule has 0 bridgehead atoms. The second kappa shape index (κ2) is 6.26. The highest BCUT2D eigenvalue weighted by Gasteiger charge is 2.32. The molecule has 2 atom stereocenters. The van der Waals surface area contributed by atoms with Crippen LogP contribution >= 0.6 is 0 Å². The van der Waals surface area contributed by atoms with E-state index in [0.717, 1.165) is 38.8 Å². The molecule has 2 rings (SSSR count). The van der Waals surface area contributed by atoms with Crippen molar-refractivity contribution in [3.63, 3.8) is 0 Å². The summed E-state index contributed by atoms with van der Waals surface area (Å²) in [5, 5.41) is 8.97. The smallest absolute Gasteiger partial charge is 0.320 e. The maximum Gasteiger partial charge on any atom is 0.320 e. The lowest BCUT2D eigenvalue weighted by molar-refractivity contribution is -0.138. The van der Waals surface area contributed by atoms with Crippen LogP contribution < -0.4 is 0 Å². The highest BCUT2D eigenvalue weighted by Crippen LogP contribution is 2.23. The van der Waals surface area contributed by atoms with Crippen LogP contribution in [0.5, 0.6) is 0 Å². The first kappa shape index (κ1) is 14.2. The van der Waals surface area contributed by atoms with E-state index in [1.807, 2.05) is 4.90 Å². The lowest BCUT2D eigenvalue weighted by Crippen LogP contribution is -2.53. The molecule has 19 heavy (non-hydrogen) atoms. The van der Waals surface area contributed by atoms with Gasteiger partial charge in [-0.3, -0.25) is 4.79 Å². The summed E-state index contributed by atoms with van der Waals surface area (Å²) in [5.41, 5.74) is 0. The van der Waals surface area contributed by atoms with Crippen molar-refractivity contribution in [2.45, 2.75) is 51.5 Å². The van der Waals surface area contributed by atoms with Crippen LogP contribution in [0.15, 0.2) is 0 Å². The number of hydrogen-bond donors (Lipinski definition) is 1. The number of urea groups is 1. The molecule has 5 heteroatoms. The average Bonchev–Trinajstić information content (AvgIpc) is 2.38. The van der Waals surface area contributed by atoms with Crippen molar-refractivity contribution in [2.75, 3.05) is 19.6 Å². The molecule has 0 aromatic heterocycles. The number of hydrogen-bond acceptors (Lipinski definition) is 2. The third-order valence-corrected chi connectivity index (χ3v) is 4.21. The van der Waals surface area contributed by atoms with E-state index in [-0.39, 0.29) is 18.5 Å². The van der Waals surface area contributed by atoms with E-state index in [4.69, 9.17) is 5.11 Å². The lowest BCUT2D eigenvalue weighted by atomic mass is 9.98. The second-order valence-corrected chi connectivity index (χ2v) is 5.92. The number of aliphatic carboxylic acids is 1. The van der Waals surface area contributed by atoms with Gasteiger partial charge in [0.2, 0.25) is 0 Å². The molecule has 0 saturated carbocycles. The number of carbonyl (C=O) groups excluding carboxylic acids is 1. The minimum Gasteiger partial charge on any atom is -0.481 e. The molecule has 5 nitrogen and oxygen atoms in total. The molecule has 1 N–H and O–H groups in total. The molecule has 0 aliphatic carbocycles. The molecule has 0 spiro atoms. The van der Waals surface area contributed by atoms with Gasteiger partial charge < -0.3 is 14.9 Å². The molecule has 2 amide bonds. The Morgan fingerprint density at radius 3 is 2.63 bits per heavy atom. The number of amides is 2. The van der Waals surface area contributed by atoms with Crippen molar-refractivity contribution < 1.29 is 14.7 Å². The van der Waals surface area contributed by atoms with Crippen LogP contribution in [0.3, 0.4) is 0 Å². The molecule has 2 heterocycles. The largest absolute Gasteiger partial charge is 0.481 e. The number of piperidine rings is 2.